The largest absolute Gasteiger partial charge is 0.460 e. The van der Waals surface area contributed by atoms with Crippen LogP contribution in [0.1, 0.15) is 0 Å². The average molecular weight is 404 g/mol. The van der Waals surface area contributed by atoms with Crippen molar-refractivity contribution in [2.75, 3.05) is 0 Å². The summed E-state index contributed by atoms with van der Waals surface area (Å²) in [6.45, 7) is 0. The first kappa shape index (κ1) is 22.0. The fraction of sp³-hybridized carbons (Fsp3) is 1.00. The first-order chi connectivity index (χ1) is 9.50. The van der Waals surface area contributed by atoms with Gasteiger partial charge in [-0.1, -0.05) is 0 Å². The molecule has 1 unspecified atom stereocenters. The number of halogens is 13. The van der Waals surface area contributed by atoms with Crippen molar-refractivity contribution in [2.45, 2.75) is 35.1 Å². The summed E-state index contributed by atoms with van der Waals surface area (Å²) < 4.78 is 188. The van der Waals surface area contributed by atoms with E-state index in [0.717, 1.165) is 0 Å². The smallest absolute Gasteiger partial charge is 0.281 e. The Morgan fingerprint density at radius 1 is 0.609 bits per heavy atom. The van der Waals surface area contributed by atoms with Crippen molar-refractivity contribution < 1.29 is 70.0 Å². The highest BCUT2D eigenvalue weighted by molar-refractivity contribution is 7.87. The van der Waals surface area contributed by atoms with E-state index in [2.05, 4.69) is 0 Å². The summed E-state index contributed by atoms with van der Waals surface area (Å²) in [6.07, 6.45) is -7.59. The minimum absolute atomic E-state index is 7.52. The molecule has 1 N–H and O–H groups in total. The van der Waals surface area contributed by atoms with Crippen LogP contribution in [0.5, 0.6) is 0 Å². The Bertz CT molecular complexity index is 559. The van der Waals surface area contributed by atoms with Crippen LogP contribution in [0.3, 0.4) is 0 Å². The Balaban J connectivity index is 6.48. The quantitative estimate of drug-likeness (QED) is 0.433. The average Bonchev–Trinajstić information content (AvgIpc) is 2.24. The van der Waals surface area contributed by atoms with Crippen molar-refractivity contribution in [3.63, 3.8) is 0 Å². The third-order valence-electron chi connectivity index (χ3n) is 2.23. The van der Waals surface area contributed by atoms with Crippen molar-refractivity contribution in [3.05, 3.63) is 0 Å². The summed E-state index contributed by atoms with van der Waals surface area (Å²) in [4.78, 5) is 0. The molecule has 0 aliphatic carbocycles. The van der Waals surface area contributed by atoms with Crippen LogP contribution in [-0.2, 0) is 10.1 Å². The molecule has 1 atom stereocenters. The molecule has 0 spiro atoms. The van der Waals surface area contributed by atoms with Gasteiger partial charge in [-0.25, -0.2) is 0 Å². The van der Waals surface area contributed by atoms with Gasteiger partial charge in [0.2, 0.25) is 0 Å². The lowest BCUT2D eigenvalue weighted by atomic mass is 9.98. The molecule has 0 saturated heterocycles. The molecule has 23 heavy (non-hydrogen) atoms. The van der Waals surface area contributed by atoms with E-state index in [1.807, 2.05) is 0 Å². The highest BCUT2D eigenvalue weighted by Gasteiger charge is 2.92. The summed E-state index contributed by atoms with van der Waals surface area (Å²) >= 11 is 0. The predicted octanol–water partition coefficient (Wildman–Crippen LogP) is 3.57. The molecule has 0 fully saturated rings. The van der Waals surface area contributed by atoms with Crippen LogP contribution < -0.4 is 0 Å². The zero-order chi connectivity index (χ0) is 19.5. The Morgan fingerprint density at radius 2 is 0.870 bits per heavy atom. The topological polar surface area (TPSA) is 54.4 Å². The van der Waals surface area contributed by atoms with Gasteiger partial charge in [-0.3, -0.25) is 4.55 Å². The first-order valence-corrected chi connectivity index (χ1v) is 5.87. The second-order valence-electron chi connectivity index (χ2n) is 3.79. The van der Waals surface area contributed by atoms with Gasteiger partial charge >= 0.3 is 45.2 Å². The third kappa shape index (κ3) is 2.70. The van der Waals surface area contributed by atoms with Gasteiger partial charge in [-0.15, -0.1) is 0 Å². The predicted molar refractivity (Wildman–Crippen MR) is 42.3 cm³/mol. The molecule has 3 nitrogen and oxygen atoms in total. The molecule has 0 aromatic rings. The van der Waals surface area contributed by atoms with Gasteiger partial charge in [-0.2, -0.15) is 65.5 Å². The Morgan fingerprint density at radius 3 is 1.09 bits per heavy atom. The zero-order valence-electron chi connectivity index (χ0n) is 9.59. The van der Waals surface area contributed by atoms with Gasteiger partial charge in [-0.05, 0) is 0 Å². The van der Waals surface area contributed by atoms with E-state index in [9.17, 15) is 65.5 Å². The van der Waals surface area contributed by atoms with E-state index in [4.69, 9.17) is 4.55 Å². The minimum Gasteiger partial charge on any atom is -0.281 e. The second kappa shape index (κ2) is 5.00. The standard InChI is InChI=1S/C6HF13O3S/c7-1(8,3(11,12)5(15,16)17)2(9,10)4(13,14)6(18,19)23(20,21)22/h(H,20,21,22)/i20+2,21+2. The van der Waals surface area contributed by atoms with E-state index < -0.39 is 45.2 Å². The van der Waals surface area contributed by atoms with Crippen molar-refractivity contribution >= 4 is 10.1 Å². The lowest BCUT2D eigenvalue weighted by molar-refractivity contribution is -0.433. The third-order valence-corrected chi connectivity index (χ3v) is 3.13. The van der Waals surface area contributed by atoms with Gasteiger partial charge in [0.05, 0.1) is 0 Å². The molecule has 0 radical (unpaired) electrons. The number of hydrogen-bond donors (Lipinski definition) is 1. The molecule has 0 saturated carbocycles. The summed E-state index contributed by atoms with van der Waals surface area (Å²) in [6, 6.07) is 0. The van der Waals surface area contributed by atoms with Crippen LogP contribution in [0.15, 0.2) is 0 Å². The molecule has 0 aromatic heterocycles. The van der Waals surface area contributed by atoms with Crippen LogP contribution in [0.2, 0.25) is 0 Å². The molecular formula is C6HF13O3S. The highest BCUT2D eigenvalue weighted by atomic mass is 32.3. The maximum Gasteiger partial charge on any atom is 0.460 e. The summed E-state index contributed by atoms with van der Waals surface area (Å²) in [7, 11) is -7.61. The molecule has 17 heteroatoms. The van der Waals surface area contributed by atoms with Crippen molar-refractivity contribution in [1.82, 2.24) is 0 Å². The zero-order valence-corrected chi connectivity index (χ0v) is 10.4. The van der Waals surface area contributed by atoms with E-state index in [1.165, 1.54) is 0 Å². The van der Waals surface area contributed by atoms with E-state index in [-0.39, 0.29) is 0 Å². The summed E-state index contributed by atoms with van der Waals surface area (Å²) in [5, 5.41) is -7.52. The van der Waals surface area contributed by atoms with Crippen LogP contribution in [-0.4, -0.2) is 48.1 Å². The Labute approximate surface area is 116 Å². The fourth-order valence-electron chi connectivity index (χ4n) is 0.917. The monoisotopic (exact) mass is 404 g/mol. The van der Waals surface area contributed by atoms with Gasteiger partial charge in [0, 0.05) is 0 Å². The Hall–Kier alpha value is -1.00. The minimum atomic E-state index is -8.25. The van der Waals surface area contributed by atoms with Crippen LogP contribution in [0.25, 0.3) is 0 Å². The first-order valence-electron chi connectivity index (χ1n) is 4.43. The lowest BCUT2D eigenvalue weighted by Gasteiger charge is -2.38. The molecular weight excluding hydrogens is 403 g/mol. The normalized spacial score (nSPS) is 18.7. The van der Waals surface area contributed by atoms with Crippen LogP contribution >= 0.6 is 0 Å². The molecule has 0 bridgehead atoms. The van der Waals surface area contributed by atoms with Crippen molar-refractivity contribution in [1.29, 1.82) is 0 Å². The number of hydrogen-bond acceptors (Lipinski definition) is 2. The summed E-state index contributed by atoms with van der Waals surface area (Å²) in [5.41, 5.74) is 0. The van der Waals surface area contributed by atoms with Gasteiger partial charge in [0.25, 0.3) is 0 Å². The fourth-order valence-corrected chi connectivity index (χ4v) is 1.37. The van der Waals surface area contributed by atoms with Crippen LogP contribution in [0.4, 0.5) is 57.1 Å². The van der Waals surface area contributed by atoms with Crippen LogP contribution in [0, 0.1) is 0 Å². The number of alkyl halides is 13. The highest BCUT2D eigenvalue weighted by Crippen LogP contribution is 2.60. The van der Waals surface area contributed by atoms with Gasteiger partial charge < -0.3 is 0 Å². The molecule has 0 aliphatic heterocycles. The lowest BCUT2D eigenvalue weighted by Crippen LogP contribution is -2.71. The molecule has 0 rings (SSSR count). The van der Waals surface area contributed by atoms with Gasteiger partial charge in [0.15, 0.2) is 0 Å². The SMILES string of the molecule is O=S(=[18O])([18OH])C(F)(F)C(F)(F)C(F)(F)C(F)(F)C(F)(F)C(F)(F)F. The Kier molecular flexibility index (Phi) is 4.78. The van der Waals surface area contributed by atoms with Crippen molar-refractivity contribution in [3.8, 4) is 0 Å². The van der Waals surface area contributed by atoms with E-state index in [1.54, 1.807) is 0 Å². The molecule has 140 valence electrons. The molecule has 0 heterocycles. The van der Waals surface area contributed by atoms with Gasteiger partial charge in [0.1, 0.15) is 0 Å². The van der Waals surface area contributed by atoms with E-state index >= 15 is 0 Å². The summed E-state index contributed by atoms with van der Waals surface area (Å²) in [5.74, 6) is -32.5. The molecule has 0 aliphatic rings. The second-order valence-corrected chi connectivity index (χ2v) is 5.25. The maximum absolute atomic E-state index is 12.7. The maximum atomic E-state index is 12.7. The van der Waals surface area contributed by atoms with Crippen molar-refractivity contribution in [2.24, 2.45) is 0 Å². The molecule has 0 amide bonds. The van der Waals surface area contributed by atoms with E-state index in [0.29, 0.717) is 0 Å². The number of rotatable bonds is 5. The molecule has 0 aromatic carbocycles.